The molecule has 3 heteroatoms. The summed E-state index contributed by atoms with van der Waals surface area (Å²) in [5.41, 5.74) is 0. The first kappa shape index (κ1) is 13.2. The lowest BCUT2D eigenvalue weighted by Crippen LogP contribution is -2.32. The summed E-state index contributed by atoms with van der Waals surface area (Å²) < 4.78 is 0. The monoisotopic (exact) mass is 257 g/mol. The third kappa shape index (κ3) is 4.50. The predicted molar refractivity (Wildman–Crippen MR) is 71.2 cm³/mol. The molecule has 17 heavy (non-hydrogen) atoms. The van der Waals surface area contributed by atoms with Gasteiger partial charge in [-0.1, -0.05) is 12.8 Å². The zero-order valence-electron chi connectivity index (χ0n) is 10.6. The number of hydrogen-bond donors (Lipinski definition) is 1. The molecule has 0 atom stereocenters. The van der Waals surface area contributed by atoms with E-state index >= 15 is 0 Å². The highest BCUT2D eigenvalue weighted by Crippen LogP contribution is 2.28. The second-order valence-corrected chi connectivity index (χ2v) is 6.39. The van der Waals surface area contributed by atoms with E-state index < -0.39 is 0 Å². The van der Waals surface area contributed by atoms with Gasteiger partial charge in [0.25, 0.3) is 0 Å². The summed E-state index contributed by atoms with van der Waals surface area (Å²) in [7, 11) is 0. The van der Waals surface area contributed by atoms with Crippen molar-refractivity contribution in [1.29, 1.82) is 0 Å². The topological polar surface area (TPSA) is 29.1 Å². The van der Waals surface area contributed by atoms with Crippen molar-refractivity contribution in [1.82, 2.24) is 5.32 Å². The van der Waals surface area contributed by atoms with E-state index in [9.17, 15) is 4.79 Å². The van der Waals surface area contributed by atoms with Gasteiger partial charge in [-0.25, -0.2) is 0 Å². The number of halogens is 1. The molecule has 2 aliphatic carbocycles. The molecule has 2 rings (SSSR count). The van der Waals surface area contributed by atoms with E-state index in [1.807, 2.05) is 0 Å². The third-order valence-corrected chi connectivity index (χ3v) is 4.75. The molecular formula is C14H24ClNO. The fourth-order valence-corrected chi connectivity index (χ4v) is 3.38. The van der Waals surface area contributed by atoms with E-state index in [4.69, 9.17) is 11.6 Å². The van der Waals surface area contributed by atoms with Gasteiger partial charge < -0.3 is 5.32 Å². The fourth-order valence-electron chi connectivity index (χ4n) is 3.13. The van der Waals surface area contributed by atoms with Gasteiger partial charge in [0.15, 0.2) is 0 Å². The molecule has 0 bridgehead atoms. The van der Waals surface area contributed by atoms with E-state index in [1.165, 1.54) is 38.5 Å². The minimum absolute atomic E-state index is 0.268. The van der Waals surface area contributed by atoms with Gasteiger partial charge in [0.05, 0.1) is 0 Å². The summed E-state index contributed by atoms with van der Waals surface area (Å²) in [5.74, 6) is 1.59. The van der Waals surface area contributed by atoms with Crippen molar-refractivity contribution in [3.63, 3.8) is 0 Å². The molecule has 0 heterocycles. The van der Waals surface area contributed by atoms with Crippen molar-refractivity contribution in [3.8, 4) is 0 Å². The first-order valence-corrected chi connectivity index (χ1v) is 7.58. The van der Waals surface area contributed by atoms with Crippen molar-refractivity contribution >= 4 is 17.5 Å². The molecule has 0 saturated heterocycles. The van der Waals surface area contributed by atoms with Gasteiger partial charge in [-0.15, -0.1) is 11.6 Å². The van der Waals surface area contributed by atoms with E-state index in [2.05, 4.69) is 5.32 Å². The smallest absolute Gasteiger partial charge is 0.220 e. The van der Waals surface area contributed by atoms with Crippen molar-refractivity contribution in [3.05, 3.63) is 0 Å². The minimum atomic E-state index is 0.268. The lowest BCUT2D eigenvalue weighted by Gasteiger charge is -2.25. The quantitative estimate of drug-likeness (QED) is 0.768. The zero-order chi connectivity index (χ0) is 12.1. The van der Waals surface area contributed by atoms with E-state index in [0.29, 0.717) is 17.2 Å². The molecule has 1 N–H and O–H groups in total. The maximum Gasteiger partial charge on any atom is 0.220 e. The summed E-state index contributed by atoms with van der Waals surface area (Å²) in [4.78, 5) is 11.8. The highest BCUT2D eigenvalue weighted by Gasteiger charge is 2.21. The highest BCUT2D eigenvalue weighted by atomic mass is 35.5. The second kappa shape index (κ2) is 6.63. The molecule has 2 nitrogen and oxygen atoms in total. The Morgan fingerprint density at radius 1 is 1.00 bits per heavy atom. The van der Waals surface area contributed by atoms with Crippen molar-refractivity contribution in [2.75, 3.05) is 6.54 Å². The van der Waals surface area contributed by atoms with Crippen LogP contribution in [0.15, 0.2) is 0 Å². The summed E-state index contributed by atoms with van der Waals surface area (Å²) in [6, 6.07) is 0. The predicted octanol–water partition coefficient (Wildman–Crippen LogP) is 3.48. The Morgan fingerprint density at radius 3 is 2.29 bits per heavy atom. The average molecular weight is 258 g/mol. The Bertz CT molecular complexity index is 243. The van der Waals surface area contributed by atoms with Crippen molar-refractivity contribution < 1.29 is 4.79 Å². The molecule has 0 radical (unpaired) electrons. The Hall–Kier alpha value is -0.240. The molecule has 2 saturated carbocycles. The number of alkyl halides is 1. The van der Waals surface area contributed by atoms with Gasteiger partial charge in [0.1, 0.15) is 0 Å². The summed E-state index contributed by atoms with van der Waals surface area (Å²) in [5, 5.41) is 3.49. The standard InChI is InChI=1S/C14H24ClNO/c15-13-7-5-12(6-8-13)10-16-14(17)9-11-3-1-2-4-11/h11-13H,1-10H2,(H,16,17). The second-order valence-electron chi connectivity index (χ2n) is 5.78. The number of carbonyl (C=O) groups is 1. The Labute approximate surface area is 109 Å². The number of nitrogens with one attached hydrogen (secondary N) is 1. The SMILES string of the molecule is O=C(CC1CCCC1)NCC1CCC(Cl)CC1. The van der Waals surface area contributed by atoms with Crippen molar-refractivity contribution in [2.45, 2.75) is 63.2 Å². The molecule has 0 aromatic heterocycles. The average Bonchev–Trinajstić information content (AvgIpc) is 2.81. The molecule has 0 aliphatic heterocycles. The molecule has 0 spiro atoms. The fraction of sp³-hybridized carbons (Fsp3) is 0.929. The maximum absolute atomic E-state index is 11.8. The molecular weight excluding hydrogens is 234 g/mol. The van der Waals surface area contributed by atoms with Gasteiger partial charge in [0.2, 0.25) is 5.91 Å². The first-order chi connectivity index (χ1) is 8.24. The Balaban J connectivity index is 1.59. The lowest BCUT2D eigenvalue weighted by atomic mass is 9.89. The van der Waals surface area contributed by atoms with Crippen LogP contribution in [0.4, 0.5) is 0 Å². The van der Waals surface area contributed by atoms with Crippen LogP contribution in [-0.2, 0) is 4.79 Å². The summed E-state index contributed by atoms with van der Waals surface area (Å²) >= 11 is 6.07. The summed E-state index contributed by atoms with van der Waals surface area (Å²) in [6.07, 6.45) is 10.5. The zero-order valence-corrected chi connectivity index (χ0v) is 11.3. The van der Waals surface area contributed by atoms with E-state index in [1.54, 1.807) is 0 Å². The number of amides is 1. The van der Waals surface area contributed by atoms with Gasteiger partial charge in [-0.2, -0.15) is 0 Å². The molecule has 2 aliphatic rings. The van der Waals surface area contributed by atoms with Crippen LogP contribution in [0.2, 0.25) is 0 Å². The van der Waals surface area contributed by atoms with Crippen LogP contribution in [0.25, 0.3) is 0 Å². The van der Waals surface area contributed by atoms with Crippen LogP contribution in [0.5, 0.6) is 0 Å². The Kier molecular flexibility index (Phi) is 5.15. The van der Waals surface area contributed by atoms with Crippen LogP contribution in [0.3, 0.4) is 0 Å². The number of rotatable bonds is 4. The third-order valence-electron chi connectivity index (χ3n) is 4.31. The summed E-state index contributed by atoms with van der Waals surface area (Å²) in [6.45, 7) is 0.870. The van der Waals surface area contributed by atoms with E-state index in [-0.39, 0.29) is 5.91 Å². The van der Waals surface area contributed by atoms with Gasteiger partial charge in [-0.05, 0) is 50.4 Å². The van der Waals surface area contributed by atoms with Gasteiger partial charge in [-0.3, -0.25) is 4.79 Å². The first-order valence-electron chi connectivity index (χ1n) is 7.15. The number of carbonyl (C=O) groups excluding carboxylic acids is 1. The normalized spacial score (nSPS) is 30.4. The van der Waals surface area contributed by atoms with Gasteiger partial charge >= 0.3 is 0 Å². The van der Waals surface area contributed by atoms with E-state index in [0.717, 1.165) is 25.8 Å². The number of hydrogen-bond acceptors (Lipinski definition) is 1. The molecule has 0 aromatic rings. The van der Waals surface area contributed by atoms with Crippen LogP contribution in [0.1, 0.15) is 57.8 Å². The van der Waals surface area contributed by atoms with Crippen LogP contribution >= 0.6 is 11.6 Å². The van der Waals surface area contributed by atoms with Crippen LogP contribution in [-0.4, -0.2) is 17.8 Å². The maximum atomic E-state index is 11.8. The van der Waals surface area contributed by atoms with Crippen LogP contribution < -0.4 is 5.32 Å². The molecule has 2 fully saturated rings. The highest BCUT2D eigenvalue weighted by molar-refractivity contribution is 6.20. The van der Waals surface area contributed by atoms with Crippen molar-refractivity contribution in [2.24, 2.45) is 11.8 Å². The largest absolute Gasteiger partial charge is 0.356 e. The molecule has 0 unspecified atom stereocenters. The van der Waals surface area contributed by atoms with Gasteiger partial charge in [0, 0.05) is 18.3 Å². The minimum Gasteiger partial charge on any atom is -0.356 e. The van der Waals surface area contributed by atoms with Crippen LogP contribution in [0, 0.1) is 11.8 Å². The Morgan fingerprint density at radius 2 is 1.65 bits per heavy atom. The molecule has 1 amide bonds. The molecule has 98 valence electrons. The molecule has 0 aromatic carbocycles. The lowest BCUT2D eigenvalue weighted by molar-refractivity contribution is -0.122.